The minimum Gasteiger partial charge on any atom is -0.507 e. The van der Waals surface area contributed by atoms with Crippen molar-refractivity contribution in [3.8, 4) is 5.75 Å². The summed E-state index contributed by atoms with van der Waals surface area (Å²) in [5.74, 6) is -2.73. The summed E-state index contributed by atoms with van der Waals surface area (Å²) in [5, 5.41) is 12.6. The van der Waals surface area contributed by atoms with Gasteiger partial charge in [0.1, 0.15) is 17.4 Å². The number of hydrogen-bond acceptors (Lipinski definition) is 3. The number of rotatable bonds is 4. The van der Waals surface area contributed by atoms with Gasteiger partial charge in [0.15, 0.2) is 0 Å². The number of aryl methyl sites for hydroxylation is 1. The van der Waals surface area contributed by atoms with E-state index in [0.717, 1.165) is 6.07 Å². The average Bonchev–Trinajstić information content (AvgIpc) is 2.41. The Kier molecular flexibility index (Phi) is 4.07. The Balaban J connectivity index is 2.26. The summed E-state index contributed by atoms with van der Waals surface area (Å²) in [4.78, 5) is 11.1. The third kappa shape index (κ3) is 3.10. The first-order chi connectivity index (χ1) is 9.90. The number of primary amides is 1. The SMILES string of the molecule is Cc1cccc(CNc2cc(C(N)=O)c(F)cc2F)c1O. The molecule has 6 heteroatoms. The fourth-order valence-electron chi connectivity index (χ4n) is 1.93. The Hall–Kier alpha value is -2.63. The van der Waals surface area contributed by atoms with Crippen LogP contribution in [0.3, 0.4) is 0 Å². The van der Waals surface area contributed by atoms with E-state index in [0.29, 0.717) is 17.2 Å². The minimum atomic E-state index is -1.01. The van der Waals surface area contributed by atoms with Crippen molar-refractivity contribution < 1.29 is 18.7 Å². The lowest BCUT2D eigenvalue weighted by Crippen LogP contribution is -2.14. The monoisotopic (exact) mass is 292 g/mol. The first kappa shape index (κ1) is 14.8. The van der Waals surface area contributed by atoms with E-state index in [1.165, 1.54) is 0 Å². The number of carbonyl (C=O) groups excluding carboxylic acids is 1. The van der Waals surface area contributed by atoms with Gasteiger partial charge < -0.3 is 16.2 Å². The summed E-state index contributed by atoms with van der Waals surface area (Å²) < 4.78 is 27.0. The lowest BCUT2D eigenvalue weighted by Gasteiger charge is -2.11. The Morgan fingerprint density at radius 1 is 1.29 bits per heavy atom. The number of anilines is 1. The highest BCUT2D eigenvalue weighted by molar-refractivity contribution is 5.94. The first-order valence-electron chi connectivity index (χ1n) is 6.20. The lowest BCUT2D eigenvalue weighted by atomic mass is 10.1. The number of halogens is 2. The number of benzene rings is 2. The van der Waals surface area contributed by atoms with E-state index in [2.05, 4.69) is 5.32 Å². The molecule has 2 rings (SSSR count). The third-order valence-electron chi connectivity index (χ3n) is 3.11. The summed E-state index contributed by atoms with van der Waals surface area (Å²) in [7, 11) is 0. The lowest BCUT2D eigenvalue weighted by molar-refractivity contribution is 0.0996. The molecule has 21 heavy (non-hydrogen) atoms. The van der Waals surface area contributed by atoms with Crippen molar-refractivity contribution in [3.05, 3.63) is 58.7 Å². The number of hydrogen-bond donors (Lipinski definition) is 3. The highest BCUT2D eigenvalue weighted by atomic mass is 19.1. The van der Waals surface area contributed by atoms with Gasteiger partial charge >= 0.3 is 0 Å². The van der Waals surface area contributed by atoms with Crippen molar-refractivity contribution in [3.63, 3.8) is 0 Å². The maximum absolute atomic E-state index is 13.7. The summed E-state index contributed by atoms with van der Waals surface area (Å²) in [6, 6.07) is 6.77. The van der Waals surface area contributed by atoms with Crippen LogP contribution in [-0.4, -0.2) is 11.0 Å². The summed E-state index contributed by atoms with van der Waals surface area (Å²) in [6.07, 6.45) is 0. The van der Waals surface area contributed by atoms with Crippen molar-refractivity contribution in [2.45, 2.75) is 13.5 Å². The molecule has 4 N–H and O–H groups in total. The van der Waals surface area contributed by atoms with Crippen LogP contribution in [0.1, 0.15) is 21.5 Å². The Labute approximate surface area is 120 Å². The van der Waals surface area contributed by atoms with E-state index >= 15 is 0 Å². The van der Waals surface area contributed by atoms with Gasteiger partial charge in [-0.1, -0.05) is 18.2 Å². The summed E-state index contributed by atoms with van der Waals surface area (Å²) in [6.45, 7) is 1.86. The van der Waals surface area contributed by atoms with Gasteiger partial charge in [-0.05, 0) is 18.6 Å². The molecule has 2 aromatic rings. The zero-order valence-electron chi connectivity index (χ0n) is 11.3. The molecule has 2 aromatic carbocycles. The number of carbonyl (C=O) groups is 1. The molecule has 0 bridgehead atoms. The number of phenols is 1. The van der Waals surface area contributed by atoms with Gasteiger partial charge in [-0.2, -0.15) is 0 Å². The molecule has 1 amide bonds. The minimum absolute atomic E-state index is 0.0638. The van der Waals surface area contributed by atoms with Crippen LogP contribution in [0.2, 0.25) is 0 Å². The van der Waals surface area contributed by atoms with Gasteiger partial charge in [0.2, 0.25) is 0 Å². The standard InChI is InChI=1S/C15H14F2N2O2/c1-8-3-2-4-9(14(8)20)7-19-13-5-10(15(18)21)11(16)6-12(13)17/h2-6,19-20H,7H2,1H3,(H2,18,21). The molecule has 0 unspecified atom stereocenters. The molecule has 0 aliphatic heterocycles. The normalized spacial score (nSPS) is 10.4. The zero-order chi connectivity index (χ0) is 15.6. The van der Waals surface area contributed by atoms with Crippen LogP contribution < -0.4 is 11.1 Å². The van der Waals surface area contributed by atoms with Crippen molar-refractivity contribution in [1.82, 2.24) is 0 Å². The quantitative estimate of drug-likeness (QED) is 0.811. The number of amides is 1. The molecule has 4 nitrogen and oxygen atoms in total. The Morgan fingerprint density at radius 3 is 2.67 bits per heavy atom. The van der Waals surface area contributed by atoms with Crippen LogP contribution >= 0.6 is 0 Å². The van der Waals surface area contributed by atoms with Crippen molar-refractivity contribution in [2.75, 3.05) is 5.32 Å². The van der Waals surface area contributed by atoms with E-state index in [1.807, 2.05) is 0 Å². The number of aromatic hydroxyl groups is 1. The van der Waals surface area contributed by atoms with E-state index in [1.54, 1.807) is 25.1 Å². The molecule has 0 saturated carbocycles. The highest BCUT2D eigenvalue weighted by Gasteiger charge is 2.14. The molecular formula is C15H14F2N2O2. The van der Waals surface area contributed by atoms with Crippen molar-refractivity contribution in [1.29, 1.82) is 0 Å². The van der Waals surface area contributed by atoms with E-state index < -0.39 is 23.1 Å². The fourth-order valence-corrected chi connectivity index (χ4v) is 1.93. The van der Waals surface area contributed by atoms with Gasteiger partial charge in [0.25, 0.3) is 5.91 Å². The third-order valence-corrected chi connectivity index (χ3v) is 3.11. The Morgan fingerprint density at radius 2 is 2.00 bits per heavy atom. The van der Waals surface area contributed by atoms with Gasteiger partial charge in [0.05, 0.1) is 11.3 Å². The number of phenolic OH excluding ortho intramolecular Hbond substituents is 1. The number of nitrogens with one attached hydrogen (secondary N) is 1. The maximum atomic E-state index is 13.7. The van der Waals surface area contributed by atoms with Crippen LogP contribution in [-0.2, 0) is 6.54 Å². The summed E-state index contributed by atoms with van der Waals surface area (Å²) >= 11 is 0. The van der Waals surface area contributed by atoms with E-state index in [-0.39, 0.29) is 18.0 Å². The van der Waals surface area contributed by atoms with Crippen molar-refractivity contribution in [2.24, 2.45) is 5.73 Å². The van der Waals surface area contributed by atoms with Crippen LogP contribution in [0.4, 0.5) is 14.5 Å². The first-order valence-corrected chi connectivity index (χ1v) is 6.20. The second kappa shape index (κ2) is 5.78. The van der Waals surface area contributed by atoms with Gasteiger partial charge in [-0.3, -0.25) is 4.79 Å². The van der Waals surface area contributed by atoms with Gasteiger partial charge in [-0.15, -0.1) is 0 Å². The fraction of sp³-hybridized carbons (Fsp3) is 0.133. The van der Waals surface area contributed by atoms with Crippen LogP contribution in [0, 0.1) is 18.6 Å². The largest absolute Gasteiger partial charge is 0.507 e. The number of para-hydroxylation sites is 1. The molecule has 0 aliphatic rings. The van der Waals surface area contributed by atoms with Gasteiger partial charge in [-0.25, -0.2) is 8.78 Å². The zero-order valence-corrected chi connectivity index (χ0v) is 11.3. The maximum Gasteiger partial charge on any atom is 0.251 e. The molecule has 0 fully saturated rings. The van der Waals surface area contributed by atoms with Gasteiger partial charge in [0, 0.05) is 18.2 Å². The molecule has 0 aromatic heterocycles. The number of nitrogens with two attached hydrogens (primary N) is 1. The second-order valence-corrected chi connectivity index (χ2v) is 4.61. The highest BCUT2D eigenvalue weighted by Crippen LogP contribution is 2.24. The summed E-state index contributed by atoms with van der Waals surface area (Å²) in [5.41, 5.74) is 5.80. The molecule has 0 atom stereocenters. The van der Waals surface area contributed by atoms with Crippen LogP contribution in [0.5, 0.6) is 5.75 Å². The topological polar surface area (TPSA) is 75.3 Å². The molecule has 0 spiro atoms. The second-order valence-electron chi connectivity index (χ2n) is 4.61. The molecule has 0 radical (unpaired) electrons. The van der Waals surface area contributed by atoms with Crippen LogP contribution in [0.15, 0.2) is 30.3 Å². The van der Waals surface area contributed by atoms with E-state index in [9.17, 15) is 18.7 Å². The predicted molar refractivity (Wildman–Crippen MR) is 75.0 cm³/mol. The molecule has 0 heterocycles. The molecule has 0 aliphatic carbocycles. The predicted octanol–water partition coefficient (Wildman–Crippen LogP) is 2.69. The average molecular weight is 292 g/mol. The van der Waals surface area contributed by atoms with E-state index in [4.69, 9.17) is 5.73 Å². The Bertz CT molecular complexity index is 702. The van der Waals surface area contributed by atoms with Crippen LogP contribution in [0.25, 0.3) is 0 Å². The smallest absolute Gasteiger partial charge is 0.251 e. The molecule has 110 valence electrons. The molecule has 0 saturated heterocycles. The van der Waals surface area contributed by atoms with Crippen molar-refractivity contribution >= 4 is 11.6 Å². The molecular weight excluding hydrogens is 278 g/mol.